The number of Topliss-reactive ketones (excluding diaryl/α,β-unsaturated/α-hetero) is 1. The first-order chi connectivity index (χ1) is 7.56. The van der Waals surface area contributed by atoms with Crippen molar-refractivity contribution in [1.29, 1.82) is 0 Å². The lowest BCUT2D eigenvalue weighted by Gasteiger charge is -2.31. The van der Waals surface area contributed by atoms with Crippen molar-refractivity contribution in [3.8, 4) is 0 Å². The summed E-state index contributed by atoms with van der Waals surface area (Å²) >= 11 is 0. The number of carbonyl (C=O) groups excluding carboxylic acids is 1. The quantitative estimate of drug-likeness (QED) is 0.782. The molecule has 0 heterocycles. The van der Waals surface area contributed by atoms with E-state index >= 15 is 0 Å². The van der Waals surface area contributed by atoms with Crippen LogP contribution in [0.4, 0.5) is 0 Å². The van der Waals surface area contributed by atoms with E-state index in [1.54, 1.807) is 0 Å². The molecular formula is C14H25NO. The summed E-state index contributed by atoms with van der Waals surface area (Å²) in [6.07, 6.45) is 6.57. The average molecular weight is 223 g/mol. The lowest BCUT2D eigenvalue weighted by Crippen LogP contribution is -2.30. The Morgan fingerprint density at radius 3 is 2.06 bits per heavy atom. The van der Waals surface area contributed by atoms with Gasteiger partial charge in [-0.2, -0.15) is 0 Å². The summed E-state index contributed by atoms with van der Waals surface area (Å²) < 4.78 is 0. The molecule has 2 N–H and O–H groups in total. The van der Waals surface area contributed by atoms with Gasteiger partial charge < -0.3 is 5.73 Å². The Morgan fingerprint density at radius 1 is 0.938 bits per heavy atom. The zero-order chi connectivity index (χ0) is 11.7. The minimum Gasteiger partial charge on any atom is -0.328 e. The van der Waals surface area contributed by atoms with Crippen molar-refractivity contribution in [1.82, 2.24) is 0 Å². The van der Waals surface area contributed by atoms with Crippen LogP contribution in [0, 0.1) is 23.7 Å². The van der Waals surface area contributed by atoms with Crippen LogP contribution in [0.3, 0.4) is 0 Å². The van der Waals surface area contributed by atoms with Gasteiger partial charge in [-0.15, -0.1) is 0 Å². The van der Waals surface area contributed by atoms with Crippen LogP contribution in [0.1, 0.15) is 52.4 Å². The third kappa shape index (κ3) is 2.65. The van der Waals surface area contributed by atoms with Gasteiger partial charge >= 0.3 is 0 Å². The van der Waals surface area contributed by atoms with E-state index in [2.05, 4.69) is 13.8 Å². The molecule has 0 radical (unpaired) electrons. The van der Waals surface area contributed by atoms with Crippen molar-refractivity contribution in [2.24, 2.45) is 29.4 Å². The summed E-state index contributed by atoms with van der Waals surface area (Å²) in [4.78, 5) is 12.4. The highest BCUT2D eigenvalue weighted by atomic mass is 16.1. The molecule has 0 aromatic carbocycles. The number of carbonyl (C=O) groups is 1. The van der Waals surface area contributed by atoms with Gasteiger partial charge in [0.1, 0.15) is 5.78 Å². The maximum Gasteiger partial charge on any atom is 0.139 e. The molecule has 2 heteroatoms. The fraction of sp³-hybridized carbons (Fsp3) is 0.929. The van der Waals surface area contributed by atoms with Gasteiger partial charge in [-0.05, 0) is 50.4 Å². The van der Waals surface area contributed by atoms with Crippen LogP contribution in [-0.2, 0) is 4.79 Å². The van der Waals surface area contributed by atoms with Crippen molar-refractivity contribution >= 4 is 5.78 Å². The Kier molecular flexibility index (Phi) is 3.68. The zero-order valence-electron chi connectivity index (χ0n) is 10.6. The topological polar surface area (TPSA) is 43.1 Å². The fourth-order valence-electron chi connectivity index (χ4n) is 3.79. The number of ketones is 1. The number of hydrogen-bond acceptors (Lipinski definition) is 2. The maximum absolute atomic E-state index is 12.4. The molecular weight excluding hydrogens is 198 g/mol. The molecule has 0 aliphatic heterocycles. The summed E-state index contributed by atoms with van der Waals surface area (Å²) in [6, 6.07) is 0.285. The summed E-state index contributed by atoms with van der Waals surface area (Å²) in [6.45, 7) is 4.58. The molecule has 2 rings (SSSR count). The monoisotopic (exact) mass is 223 g/mol. The van der Waals surface area contributed by atoms with Gasteiger partial charge in [-0.25, -0.2) is 0 Å². The van der Waals surface area contributed by atoms with E-state index in [-0.39, 0.29) is 12.0 Å². The molecule has 0 aromatic heterocycles. The highest BCUT2D eigenvalue weighted by Crippen LogP contribution is 2.37. The van der Waals surface area contributed by atoms with Crippen LogP contribution >= 0.6 is 0 Å². The van der Waals surface area contributed by atoms with E-state index in [0.29, 0.717) is 11.7 Å². The van der Waals surface area contributed by atoms with Crippen molar-refractivity contribution in [3.63, 3.8) is 0 Å². The number of hydrogen-bond donors (Lipinski definition) is 1. The number of rotatable bonds is 2. The van der Waals surface area contributed by atoms with Crippen LogP contribution in [0.15, 0.2) is 0 Å². The van der Waals surface area contributed by atoms with Gasteiger partial charge in [0.05, 0.1) is 0 Å². The lowest BCUT2D eigenvalue weighted by molar-refractivity contribution is -0.128. The molecule has 4 unspecified atom stereocenters. The molecule has 92 valence electrons. The predicted octanol–water partition coefficient (Wildman–Crippen LogP) is 2.76. The lowest BCUT2D eigenvalue weighted by atomic mass is 9.73. The molecule has 0 aromatic rings. The molecule has 0 amide bonds. The Morgan fingerprint density at radius 2 is 1.56 bits per heavy atom. The fourth-order valence-corrected chi connectivity index (χ4v) is 3.79. The minimum absolute atomic E-state index is 0.285. The van der Waals surface area contributed by atoms with Crippen molar-refractivity contribution in [2.75, 3.05) is 0 Å². The van der Waals surface area contributed by atoms with E-state index < -0.39 is 0 Å². The maximum atomic E-state index is 12.4. The van der Waals surface area contributed by atoms with Crippen molar-refractivity contribution in [2.45, 2.75) is 58.4 Å². The van der Waals surface area contributed by atoms with Crippen LogP contribution in [-0.4, -0.2) is 11.8 Å². The molecule has 0 spiro atoms. The smallest absolute Gasteiger partial charge is 0.139 e. The number of nitrogens with two attached hydrogens (primary N) is 1. The first-order valence-corrected chi connectivity index (χ1v) is 6.85. The molecule has 2 saturated carbocycles. The SMILES string of the molecule is CC1CC(C)CC(C(=O)C2CCC(N)C2)C1. The van der Waals surface area contributed by atoms with E-state index in [0.717, 1.165) is 43.9 Å². The highest BCUT2D eigenvalue weighted by Gasteiger charge is 2.35. The second kappa shape index (κ2) is 4.87. The Bertz CT molecular complexity index is 253. The molecule has 0 saturated heterocycles. The molecule has 2 fully saturated rings. The van der Waals surface area contributed by atoms with Gasteiger partial charge in [-0.3, -0.25) is 4.79 Å². The molecule has 0 bridgehead atoms. The molecule has 4 atom stereocenters. The van der Waals surface area contributed by atoms with Crippen LogP contribution in [0.2, 0.25) is 0 Å². The largest absolute Gasteiger partial charge is 0.328 e. The van der Waals surface area contributed by atoms with Gasteiger partial charge in [0, 0.05) is 17.9 Å². The molecule has 16 heavy (non-hydrogen) atoms. The van der Waals surface area contributed by atoms with Crippen LogP contribution in [0.25, 0.3) is 0 Å². The van der Waals surface area contributed by atoms with Crippen LogP contribution in [0.5, 0.6) is 0 Å². The van der Waals surface area contributed by atoms with Gasteiger partial charge in [0.2, 0.25) is 0 Å². The second-order valence-electron chi connectivity index (χ2n) is 6.29. The third-order valence-corrected chi connectivity index (χ3v) is 4.46. The standard InChI is InChI=1S/C14H25NO/c1-9-5-10(2)7-12(6-9)14(16)11-3-4-13(15)8-11/h9-13H,3-8,15H2,1-2H3. The summed E-state index contributed by atoms with van der Waals surface area (Å²) in [7, 11) is 0. The first-order valence-electron chi connectivity index (χ1n) is 6.85. The third-order valence-electron chi connectivity index (χ3n) is 4.46. The molecule has 2 aliphatic rings. The van der Waals surface area contributed by atoms with E-state index in [1.807, 2.05) is 0 Å². The zero-order valence-corrected chi connectivity index (χ0v) is 10.6. The predicted molar refractivity (Wildman–Crippen MR) is 66.0 cm³/mol. The second-order valence-corrected chi connectivity index (χ2v) is 6.29. The van der Waals surface area contributed by atoms with Gasteiger partial charge in [0.25, 0.3) is 0 Å². The molecule has 2 nitrogen and oxygen atoms in total. The van der Waals surface area contributed by atoms with Crippen molar-refractivity contribution in [3.05, 3.63) is 0 Å². The first kappa shape index (κ1) is 12.1. The van der Waals surface area contributed by atoms with Crippen LogP contribution < -0.4 is 5.73 Å². The summed E-state index contributed by atoms with van der Waals surface area (Å²) in [5, 5.41) is 0. The van der Waals surface area contributed by atoms with Gasteiger partial charge in [0.15, 0.2) is 0 Å². The average Bonchev–Trinajstić information content (AvgIpc) is 2.62. The Hall–Kier alpha value is -0.370. The minimum atomic E-state index is 0.285. The summed E-state index contributed by atoms with van der Waals surface area (Å²) in [5.74, 6) is 2.62. The normalized spacial score (nSPS) is 44.6. The molecule has 2 aliphatic carbocycles. The highest BCUT2D eigenvalue weighted by molar-refractivity contribution is 5.83. The van der Waals surface area contributed by atoms with E-state index in [9.17, 15) is 4.79 Å². The Labute approximate surface area is 99.0 Å². The van der Waals surface area contributed by atoms with Gasteiger partial charge in [-0.1, -0.05) is 13.8 Å². The Balaban J connectivity index is 1.93. The van der Waals surface area contributed by atoms with E-state index in [1.165, 1.54) is 6.42 Å². The van der Waals surface area contributed by atoms with E-state index in [4.69, 9.17) is 5.73 Å². The summed E-state index contributed by atoms with van der Waals surface area (Å²) in [5.41, 5.74) is 5.89. The van der Waals surface area contributed by atoms with Crippen molar-refractivity contribution < 1.29 is 4.79 Å².